The monoisotopic (exact) mass is 392 g/mol. The number of hydrogen-bond donors (Lipinski definition) is 2. The summed E-state index contributed by atoms with van der Waals surface area (Å²) in [5.41, 5.74) is 7.04. The molecule has 0 radical (unpaired) electrons. The summed E-state index contributed by atoms with van der Waals surface area (Å²) < 4.78 is 8.84. The minimum absolute atomic E-state index is 0.00664. The van der Waals surface area contributed by atoms with Crippen molar-refractivity contribution >= 4 is 37.0 Å². The minimum atomic E-state index is -0.00664. The van der Waals surface area contributed by atoms with Gasteiger partial charge in [-0.2, -0.15) is 0 Å². The Morgan fingerprint density at radius 2 is 1.40 bits per heavy atom. The van der Waals surface area contributed by atoms with Crippen LogP contribution in [-0.2, 0) is 0 Å². The Bertz CT molecular complexity index is 1210. The van der Waals surface area contributed by atoms with Crippen molar-refractivity contribution in [2.45, 2.75) is 0 Å². The van der Waals surface area contributed by atoms with Crippen molar-refractivity contribution in [2.75, 3.05) is 0 Å². The van der Waals surface area contributed by atoms with Crippen molar-refractivity contribution in [3.63, 3.8) is 0 Å². The van der Waals surface area contributed by atoms with Gasteiger partial charge in [-0.05, 0) is 0 Å². The van der Waals surface area contributed by atoms with Crippen molar-refractivity contribution in [3.8, 4) is 28.3 Å². The first-order chi connectivity index (χ1) is 12.3. The molecule has 2 N–H and O–H groups in total. The summed E-state index contributed by atoms with van der Waals surface area (Å²) in [6, 6.07) is 19.4. The number of aromatic nitrogens is 4. The first-order valence-electron chi connectivity index (χ1n) is 7.78. The van der Waals surface area contributed by atoms with Gasteiger partial charge in [-0.25, -0.2) is 0 Å². The first-order valence-corrected chi connectivity index (χ1v) is 9.31. The predicted molar refractivity (Wildman–Crippen MR) is 98.7 cm³/mol. The molecule has 0 aliphatic rings. The summed E-state index contributed by atoms with van der Waals surface area (Å²) in [6.45, 7) is 0. The number of phenols is 1. The molecule has 0 bridgehead atoms. The Kier molecular flexibility index (Phi) is 3.20. The number of nitrogens with zero attached hydrogens (tertiary/aromatic N) is 3. The molecule has 0 amide bonds. The van der Waals surface area contributed by atoms with Crippen LogP contribution in [0.4, 0.5) is 0 Å². The van der Waals surface area contributed by atoms with Gasteiger partial charge in [-0.15, -0.1) is 0 Å². The standard InChI is InChI=1S/C19H12N4OSe/c24-14-5-1-11(2-6-14)19-20-15-7-3-12(9-17(15)21-19)13-4-8-16-18(10-13)23-25-22-16/h1-10,24H,(H,20,21). The van der Waals surface area contributed by atoms with Crippen LogP contribution in [0.15, 0.2) is 60.7 Å². The summed E-state index contributed by atoms with van der Waals surface area (Å²) >= 11 is -0.00664. The van der Waals surface area contributed by atoms with Gasteiger partial charge in [0.15, 0.2) is 0 Å². The maximum absolute atomic E-state index is 9.43. The molecule has 0 aliphatic heterocycles. The number of H-pyrrole nitrogens is 1. The van der Waals surface area contributed by atoms with Gasteiger partial charge in [-0.3, -0.25) is 0 Å². The number of fused-ring (bicyclic) bond motifs is 2. The van der Waals surface area contributed by atoms with Gasteiger partial charge >= 0.3 is 138 Å². The number of nitrogens with one attached hydrogen (secondary N) is 1. The Hall–Kier alpha value is -2.95. The fraction of sp³-hybridized carbons (Fsp3) is 0. The van der Waals surface area contributed by atoms with Crippen molar-refractivity contribution in [1.82, 2.24) is 17.9 Å². The van der Waals surface area contributed by atoms with Crippen LogP contribution >= 0.6 is 0 Å². The fourth-order valence-electron chi connectivity index (χ4n) is 2.91. The topological polar surface area (TPSA) is 74.7 Å². The van der Waals surface area contributed by atoms with Crippen molar-refractivity contribution in [2.24, 2.45) is 0 Å². The second-order valence-electron chi connectivity index (χ2n) is 5.83. The molecule has 0 fully saturated rings. The van der Waals surface area contributed by atoms with Crippen LogP contribution in [0.25, 0.3) is 44.6 Å². The van der Waals surface area contributed by atoms with Gasteiger partial charge in [0.2, 0.25) is 0 Å². The molecule has 25 heavy (non-hydrogen) atoms. The zero-order valence-corrected chi connectivity index (χ0v) is 14.7. The summed E-state index contributed by atoms with van der Waals surface area (Å²) in [6.07, 6.45) is 0. The molecule has 0 saturated heterocycles. The molecule has 3 aromatic carbocycles. The third kappa shape index (κ3) is 2.52. The predicted octanol–water partition coefficient (Wildman–Crippen LogP) is 3.60. The van der Waals surface area contributed by atoms with E-state index >= 15 is 0 Å². The molecule has 0 unspecified atom stereocenters. The third-order valence-electron chi connectivity index (χ3n) is 4.21. The second-order valence-corrected chi connectivity index (χ2v) is 6.94. The average Bonchev–Trinajstić information content (AvgIpc) is 3.27. The van der Waals surface area contributed by atoms with Gasteiger partial charge in [0.05, 0.1) is 0 Å². The van der Waals surface area contributed by atoms with E-state index in [0.29, 0.717) is 0 Å². The van der Waals surface area contributed by atoms with Crippen molar-refractivity contribution < 1.29 is 5.11 Å². The first kappa shape index (κ1) is 14.4. The number of hydrogen-bond acceptors (Lipinski definition) is 4. The van der Waals surface area contributed by atoms with E-state index in [-0.39, 0.29) is 20.7 Å². The molecular formula is C19H12N4OSe. The molecular weight excluding hydrogens is 379 g/mol. The van der Waals surface area contributed by atoms with Crippen LogP contribution in [-0.4, -0.2) is 38.0 Å². The van der Waals surface area contributed by atoms with E-state index in [4.69, 9.17) is 0 Å². The Labute approximate surface area is 149 Å². The van der Waals surface area contributed by atoms with Crippen LogP contribution in [0.5, 0.6) is 5.75 Å². The van der Waals surface area contributed by atoms with Crippen molar-refractivity contribution in [3.05, 3.63) is 60.7 Å². The SMILES string of the molecule is Oc1ccc(-c2nc3ccc(-c4ccc5n[se]nc5c4)cc3[nH]2)cc1. The van der Waals surface area contributed by atoms with E-state index in [1.54, 1.807) is 12.1 Å². The van der Waals surface area contributed by atoms with Gasteiger partial charge in [0, 0.05) is 0 Å². The molecule has 5 aromatic rings. The summed E-state index contributed by atoms with van der Waals surface area (Å²) in [4.78, 5) is 8.00. The van der Waals surface area contributed by atoms with E-state index in [2.05, 4.69) is 42.2 Å². The van der Waals surface area contributed by atoms with E-state index < -0.39 is 0 Å². The Morgan fingerprint density at radius 1 is 0.720 bits per heavy atom. The van der Waals surface area contributed by atoms with E-state index in [9.17, 15) is 5.11 Å². The number of aromatic amines is 1. The van der Waals surface area contributed by atoms with Crippen LogP contribution < -0.4 is 0 Å². The summed E-state index contributed by atoms with van der Waals surface area (Å²) in [5, 5.41) is 9.43. The molecule has 2 aromatic heterocycles. The molecule has 120 valence electrons. The molecule has 5 nitrogen and oxygen atoms in total. The van der Waals surface area contributed by atoms with E-state index in [1.807, 2.05) is 24.3 Å². The maximum atomic E-state index is 9.43. The van der Waals surface area contributed by atoms with Gasteiger partial charge in [0.1, 0.15) is 5.75 Å². The Morgan fingerprint density at radius 3 is 2.24 bits per heavy atom. The van der Waals surface area contributed by atoms with Crippen LogP contribution in [0.1, 0.15) is 0 Å². The quantitative estimate of drug-likeness (QED) is 0.451. The van der Waals surface area contributed by atoms with Crippen LogP contribution in [0.3, 0.4) is 0 Å². The number of benzene rings is 3. The zero-order chi connectivity index (χ0) is 16.8. The normalized spacial score (nSPS) is 11.4. The number of imidazole rings is 1. The number of aromatic hydroxyl groups is 1. The van der Waals surface area contributed by atoms with Gasteiger partial charge in [0.25, 0.3) is 0 Å². The Balaban J connectivity index is 1.60. The van der Waals surface area contributed by atoms with Gasteiger partial charge < -0.3 is 5.11 Å². The summed E-state index contributed by atoms with van der Waals surface area (Å²) in [7, 11) is 0. The molecule has 0 spiro atoms. The molecule has 0 saturated carbocycles. The van der Waals surface area contributed by atoms with Gasteiger partial charge in [-0.1, -0.05) is 0 Å². The summed E-state index contributed by atoms with van der Waals surface area (Å²) in [5.74, 6) is 1.04. The second kappa shape index (κ2) is 5.55. The van der Waals surface area contributed by atoms with Crippen LogP contribution in [0, 0.1) is 0 Å². The molecule has 6 heteroatoms. The molecule has 0 aliphatic carbocycles. The van der Waals surface area contributed by atoms with Crippen LogP contribution in [0.2, 0.25) is 0 Å². The molecule has 0 atom stereocenters. The van der Waals surface area contributed by atoms with Crippen molar-refractivity contribution in [1.29, 1.82) is 0 Å². The average molecular weight is 391 g/mol. The van der Waals surface area contributed by atoms with E-state index in [1.165, 1.54) is 0 Å². The van der Waals surface area contributed by atoms with E-state index in [0.717, 1.165) is 44.6 Å². The number of rotatable bonds is 2. The fourth-order valence-corrected chi connectivity index (χ4v) is 3.99. The molecule has 5 rings (SSSR count). The molecule has 2 heterocycles. The zero-order valence-electron chi connectivity index (χ0n) is 13.0. The third-order valence-corrected chi connectivity index (χ3v) is 5.38. The number of phenolic OH excluding ortho intramolecular Hbond substituents is 1.